The minimum absolute atomic E-state index is 0.0764. The number of aryl methyl sites for hydroxylation is 1. The molecule has 12 heteroatoms. The predicted molar refractivity (Wildman–Crippen MR) is 112 cm³/mol. The molecule has 0 saturated heterocycles. The molecule has 0 spiro atoms. The summed E-state index contributed by atoms with van der Waals surface area (Å²) >= 11 is 5.83. The predicted octanol–water partition coefficient (Wildman–Crippen LogP) is 4.59. The van der Waals surface area contributed by atoms with Crippen LogP contribution >= 0.6 is 11.6 Å². The Kier molecular flexibility index (Phi) is 5.31. The molecular formula is C19H16ClF2N5O3S. The van der Waals surface area contributed by atoms with Crippen molar-refractivity contribution in [2.45, 2.75) is 18.4 Å². The first-order chi connectivity index (χ1) is 14.7. The van der Waals surface area contributed by atoms with Gasteiger partial charge in [0.25, 0.3) is 10.0 Å². The topological polar surface area (TPSA) is 102 Å². The van der Waals surface area contributed by atoms with Crippen molar-refractivity contribution in [2.75, 3.05) is 11.8 Å². The standard InChI is InChI=1S/C19H16ClF2N5O3S/c1-10-3-4-12-15(31(28,29)26-14-8-25-27(18(14)20)19(21)22)9-24-17(12)16(10)13-7-11(30-2)5-6-23-13/h3-9,19,24,26H,1-2H3. The van der Waals surface area contributed by atoms with Crippen LogP contribution in [0.3, 0.4) is 0 Å². The molecule has 0 radical (unpaired) electrons. The Labute approximate surface area is 180 Å². The van der Waals surface area contributed by atoms with E-state index in [1.54, 1.807) is 37.6 Å². The van der Waals surface area contributed by atoms with Gasteiger partial charge in [0.05, 0.1) is 24.5 Å². The maximum Gasteiger partial charge on any atom is 0.334 e. The van der Waals surface area contributed by atoms with Gasteiger partial charge in [-0.25, -0.2) is 8.42 Å². The van der Waals surface area contributed by atoms with Gasteiger partial charge >= 0.3 is 6.55 Å². The van der Waals surface area contributed by atoms with Crippen LogP contribution in [0.4, 0.5) is 14.5 Å². The number of hydrogen-bond donors (Lipinski definition) is 2. The molecule has 0 aliphatic heterocycles. The number of H-pyrrole nitrogens is 1. The average molecular weight is 468 g/mol. The van der Waals surface area contributed by atoms with Crippen molar-refractivity contribution in [2.24, 2.45) is 0 Å². The van der Waals surface area contributed by atoms with E-state index in [2.05, 4.69) is 19.8 Å². The van der Waals surface area contributed by atoms with E-state index < -0.39 is 21.7 Å². The molecule has 0 aliphatic carbocycles. The monoisotopic (exact) mass is 467 g/mol. The van der Waals surface area contributed by atoms with E-state index in [0.717, 1.165) is 11.8 Å². The van der Waals surface area contributed by atoms with Crippen molar-refractivity contribution in [1.82, 2.24) is 19.7 Å². The Morgan fingerprint density at radius 2 is 2.06 bits per heavy atom. The van der Waals surface area contributed by atoms with Gasteiger partial charge in [-0.15, -0.1) is 0 Å². The molecule has 0 aliphatic rings. The lowest BCUT2D eigenvalue weighted by Crippen LogP contribution is -2.12. The number of fused-ring (bicyclic) bond motifs is 1. The molecule has 4 rings (SSSR count). The third-order valence-electron chi connectivity index (χ3n) is 4.70. The lowest BCUT2D eigenvalue weighted by molar-refractivity contribution is 0.0570. The third-order valence-corrected chi connectivity index (χ3v) is 6.49. The van der Waals surface area contributed by atoms with E-state index in [-0.39, 0.29) is 15.3 Å². The number of benzene rings is 1. The average Bonchev–Trinajstić information content (AvgIpc) is 3.32. The Bertz CT molecular complexity index is 1380. The van der Waals surface area contributed by atoms with Crippen molar-refractivity contribution in [3.63, 3.8) is 0 Å². The zero-order chi connectivity index (χ0) is 22.3. The van der Waals surface area contributed by atoms with E-state index in [1.807, 2.05) is 6.92 Å². The second-order valence-corrected chi connectivity index (χ2v) is 8.60. The second kappa shape index (κ2) is 7.82. The summed E-state index contributed by atoms with van der Waals surface area (Å²) in [7, 11) is -2.62. The van der Waals surface area contributed by atoms with Gasteiger partial charge in [-0.1, -0.05) is 23.7 Å². The first-order valence-corrected chi connectivity index (χ1v) is 10.7. The number of sulfonamides is 1. The van der Waals surface area contributed by atoms with Gasteiger partial charge in [-0.3, -0.25) is 9.71 Å². The minimum Gasteiger partial charge on any atom is -0.497 e. The number of nitrogens with zero attached hydrogens (tertiary/aromatic N) is 3. The second-order valence-electron chi connectivity index (χ2n) is 6.59. The molecule has 2 N–H and O–H groups in total. The molecule has 1 aromatic carbocycles. The van der Waals surface area contributed by atoms with Gasteiger partial charge < -0.3 is 9.72 Å². The van der Waals surface area contributed by atoms with Crippen LogP contribution in [0.15, 0.2) is 47.8 Å². The summed E-state index contributed by atoms with van der Waals surface area (Å²) in [6.07, 6.45) is 3.84. The molecule has 31 heavy (non-hydrogen) atoms. The van der Waals surface area contributed by atoms with Gasteiger partial charge in [-0.05, 0) is 18.6 Å². The highest BCUT2D eigenvalue weighted by molar-refractivity contribution is 7.93. The van der Waals surface area contributed by atoms with E-state index in [0.29, 0.717) is 27.9 Å². The molecular weight excluding hydrogens is 452 g/mol. The number of hydrogen-bond acceptors (Lipinski definition) is 5. The Balaban J connectivity index is 1.81. The highest BCUT2D eigenvalue weighted by Gasteiger charge is 2.25. The number of methoxy groups -OCH3 is 1. The fraction of sp³-hybridized carbons (Fsp3) is 0.158. The Hall–Kier alpha value is -3.18. The largest absolute Gasteiger partial charge is 0.497 e. The van der Waals surface area contributed by atoms with Crippen molar-refractivity contribution >= 4 is 38.2 Å². The minimum atomic E-state index is -4.17. The van der Waals surface area contributed by atoms with Crippen LogP contribution < -0.4 is 9.46 Å². The number of halogens is 3. The zero-order valence-corrected chi connectivity index (χ0v) is 17.8. The van der Waals surface area contributed by atoms with Crippen molar-refractivity contribution in [1.29, 1.82) is 0 Å². The molecule has 4 aromatic rings. The number of alkyl halides is 2. The summed E-state index contributed by atoms with van der Waals surface area (Å²) in [5, 5.41) is 3.28. The summed E-state index contributed by atoms with van der Waals surface area (Å²) in [4.78, 5) is 7.29. The van der Waals surface area contributed by atoms with Crippen LogP contribution in [-0.2, 0) is 10.0 Å². The molecule has 162 valence electrons. The maximum atomic E-state index is 13.0. The highest BCUT2D eigenvalue weighted by Crippen LogP contribution is 2.35. The van der Waals surface area contributed by atoms with Gasteiger partial charge in [0.2, 0.25) is 0 Å². The van der Waals surface area contributed by atoms with Gasteiger partial charge in [0.15, 0.2) is 5.15 Å². The van der Waals surface area contributed by atoms with Crippen LogP contribution in [0, 0.1) is 6.92 Å². The number of pyridine rings is 1. The SMILES string of the molecule is COc1ccnc(-c2c(C)ccc3c(S(=O)(=O)Nc4cnn(C(F)F)c4Cl)c[nH]c23)c1. The van der Waals surface area contributed by atoms with Crippen molar-refractivity contribution in [3.05, 3.63) is 53.6 Å². The smallest absolute Gasteiger partial charge is 0.334 e. The molecule has 0 fully saturated rings. The zero-order valence-electron chi connectivity index (χ0n) is 16.2. The van der Waals surface area contributed by atoms with Crippen LogP contribution in [0.25, 0.3) is 22.2 Å². The summed E-state index contributed by atoms with van der Waals surface area (Å²) < 4.78 is 59.4. The van der Waals surface area contributed by atoms with Crippen LogP contribution in [0.2, 0.25) is 5.15 Å². The summed E-state index contributed by atoms with van der Waals surface area (Å²) in [6, 6.07) is 6.88. The number of ether oxygens (including phenoxy) is 1. The maximum absolute atomic E-state index is 13.0. The first kappa shape index (κ1) is 21.1. The molecule has 0 atom stereocenters. The van der Waals surface area contributed by atoms with Gasteiger partial charge in [0.1, 0.15) is 16.3 Å². The first-order valence-electron chi connectivity index (χ1n) is 8.88. The molecule has 0 amide bonds. The quantitative estimate of drug-likeness (QED) is 0.431. The number of aromatic nitrogens is 4. The summed E-state index contributed by atoms with van der Waals surface area (Å²) in [5.74, 6) is 0.605. The molecule has 0 unspecified atom stereocenters. The van der Waals surface area contributed by atoms with Crippen LogP contribution in [0.1, 0.15) is 12.1 Å². The normalized spacial score (nSPS) is 11.9. The third kappa shape index (κ3) is 3.70. The van der Waals surface area contributed by atoms with Crippen LogP contribution in [-0.4, -0.2) is 35.3 Å². The number of aromatic amines is 1. The van der Waals surface area contributed by atoms with Crippen molar-refractivity contribution in [3.8, 4) is 17.0 Å². The van der Waals surface area contributed by atoms with Crippen molar-refractivity contribution < 1.29 is 21.9 Å². The highest BCUT2D eigenvalue weighted by atomic mass is 35.5. The lowest BCUT2D eigenvalue weighted by atomic mass is 10.0. The molecule has 3 aromatic heterocycles. The van der Waals surface area contributed by atoms with Gasteiger partial charge in [-0.2, -0.15) is 18.6 Å². The fourth-order valence-corrected chi connectivity index (χ4v) is 4.75. The molecule has 8 nitrogen and oxygen atoms in total. The van der Waals surface area contributed by atoms with E-state index in [4.69, 9.17) is 16.3 Å². The number of anilines is 1. The number of rotatable bonds is 6. The molecule has 0 saturated carbocycles. The molecule has 3 heterocycles. The summed E-state index contributed by atoms with van der Waals surface area (Å²) in [5.41, 5.74) is 2.48. The number of nitrogens with one attached hydrogen (secondary N) is 2. The Morgan fingerprint density at radius 1 is 1.29 bits per heavy atom. The Morgan fingerprint density at radius 3 is 2.74 bits per heavy atom. The fourth-order valence-electron chi connectivity index (χ4n) is 3.26. The van der Waals surface area contributed by atoms with E-state index in [9.17, 15) is 17.2 Å². The van der Waals surface area contributed by atoms with E-state index in [1.165, 1.54) is 6.20 Å². The molecule has 0 bridgehead atoms. The lowest BCUT2D eigenvalue weighted by Gasteiger charge is -2.10. The van der Waals surface area contributed by atoms with Gasteiger partial charge in [0, 0.05) is 29.4 Å². The van der Waals surface area contributed by atoms with Crippen LogP contribution in [0.5, 0.6) is 5.75 Å². The van der Waals surface area contributed by atoms with E-state index >= 15 is 0 Å². The summed E-state index contributed by atoms with van der Waals surface area (Å²) in [6.45, 7) is -1.12.